The van der Waals surface area contributed by atoms with E-state index in [0.717, 1.165) is 24.5 Å². The van der Waals surface area contributed by atoms with Crippen molar-refractivity contribution in [1.82, 2.24) is 10.3 Å². The molecule has 1 aromatic rings. The summed E-state index contributed by atoms with van der Waals surface area (Å²) in [4.78, 5) is 4.41. The van der Waals surface area contributed by atoms with Gasteiger partial charge in [-0.25, -0.2) is 0 Å². The second kappa shape index (κ2) is 8.25. The largest absolute Gasteiger partial charge is 0.490 e. The molecule has 1 saturated carbocycles. The fourth-order valence-corrected chi connectivity index (χ4v) is 2.67. The lowest BCUT2D eigenvalue weighted by molar-refractivity contribution is 0.183. The number of aromatic nitrogens is 1. The van der Waals surface area contributed by atoms with Gasteiger partial charge >= 0.3 is 0 Å². The molecule has 0 saturated heterocycles. The van der Waals surface area contributed by atoms with Gasteiger partial charge in [0.2, 0.25) is 0 Å². The highest BCUT2D eigenvalue weighted by Crippen LogP contribution is 2.22. The molecule has 1 aromatic heterocycles. The molecule has 1 aliphatic carbocycles. The quantitative estimate of drug-likeness (QED) is 0.799. The number of rotatable bonds is 6. The van der Waals surface area contributed by atoms with Crippen LogP contribution in [0.4, 0.5) is 0 Å². The van der Waals surface area contributed by atoms with Crippen LogP contribution < -0.4 is 10.1 Å². The zero-order valence-electron chi connectivity index (χ0n) is 12.9. The molecule has 0 unspecified atom stereocenters. The molecule has 0 radical (unpaired) electrons. The third-order valence-electron chi connectivity index (χ3n) is 3.75. The summed E-state index contributed by atoms with van der Waals surface area (Å²) in [5.74, 6) is 1.65. The zero-order valence-corrected chi connectivity index (χ0v) is 12.9. The molecule has 1 N–H and O–H groups in total. The molecule has 0 spiro atoms. The summed E-state index contributed by atoms with van der Waals surface area (Å²) in [6.45, 7) is 6.27. The van der Waals surface area contributed by atoms with Gasteiger partial charge in [-0.1, -0.05) is 26.7 Å². The number of hydrogen-bond acceptors (Lipinski definition) is 3. The number of ether oxygens (including phenoxy) is 1. The van der Waals surface area contributed by atoms with Crippen LogP contribution in [-0.4, -0.2) is 17.6 Å². The maximum absolute atomic E-state index is 6.14. The van der Waals surface area contributed by atoms with E-state index in [4.69, 9.17) is 4.74 Å². The molecule has 1 fully saturated rings. The number of nitrogens with zero attached hydrogens (tertiary/aromatic N) is 1. The molecular weight excluding hydrogens is 248 g/mol. The van der Waals surface area contributed by atoms with Crippen molar-refractivity contribution in [1.29, 1.82) is 0 Å². The molecule has 1 heterocycles. The first-order valence-electron chi connectivity index (χ1n) is 8.06. The van der Waals surface area contributed by atoms with Gasteiger partial charge in [0, 0.05) is 18.8 Å². The smallest absolute Gasteiger partial charge is 0.123 e. The molecule has 0 aromatic carbocycles. The lowest BCUT2D eigenvalue weighted by atomic mass is 10.1. The average molecular weight is 276 g/mol. The molecule has 3 nitrogen and oxygen atoms in total. The van der Waals surface area contributed by atoms with Gasteiger partial charge in [0.15, 0.2) is 0 Å². The van der Waals surface area contributed by atoms with E-state index in [1.165, 1.54) is 38.5 Å². The van der Waals surface area contributed by atoms with Crippen LogP contribution in [0.2, 0.25) is 0 Å². The minimum Gasteiger partial charge on any atom is -0.490 e. The fraction of sp³-hybridized carbons (Fsp3) is 0.706. The fourth-order valence-electron chi connectivity index (χ4n) is 2.67. The maximum Gasteiger partial charge on any atom is 0.123 e. The normalized spacial score (nSPS) is 17.1. The first-order chi connectivity index (χ1) is 9.74. The molecule has 0 amide bonds. The summed E-state index contributed by atoms with van der Waals surface area (Å²) in [5.41, 5.74) is 1.07. The second-order valence-corrected chi connectivity index (χ2v) is 6.24. The highest BCUT2D eigenvalue weighted by molar-refractivity contribution is 5.22. The van der Waals surface area contributed by atoms with Crippen LogP contribution in [0.3, 0.4) is 0 Å². The Bertz CT molecular complexity index is 384. The topological polar surface area (TPSA) is 34.1 Å². The van der Waals surface area contributed by atoms with Crippen LogP contribution in [0.15, 0.2) is 18.3 Å². The van der Waals surface area contributed by atoms with E-state index in [9.17, 15) is 0 Å². The van der Waals surface area contributed by atoms with E-state index < -0.39 is 0 Å². The van der Waals surface area contributed by atoms with Crippen molar-refractivity contribution in [3.05, 3.63) is 24.0 Å². The minimum atomic E-state index is 0.399. The summed E-state index contributed by atoms with van der Waals surface area (Å²) < 4.78 is 6.14. The van der Waals surface area contributed by atoms with Crippen molar-refractivity contribution in [2.45, 2.75) is 65.0 Å². The highest BCUT2D eigenvalue weighted by Gasteiger charge is 2.13. The van der Waals surface area contributed by atoms with Gasteiger partial charge in [-0.05, 0) is 44.2 Å². The average Bonchev–Trinajstić information content (AvgIpc) is 2.67. The van der Waals surface area contributed by atoms with Gasteiger partial charge in [-0.15, -0.1) is 0 Å². The van der Waals surface area contributed by atoms with E-state index in [0.29, 0.717) is 12.0 Å². The van der Waals surface area contributed by atoms with Gasteiger partial charge in [-0.3, -0.25) is 4.98 Å². The molecule has 0 bridgehead atoms. The van der Waals surface area contributed by atoms with E-state index in [1.807, 2.05) is 12.3 Å². The van der Waals surface area contributed by atoms with Gasteiger partial charge in [0.1, 0.15) is 5.75 Å². The summed E-state index contributed by atoms with van der Waals surface area (Å²) in [5, 5.41) is 3.42. The van der Waals surface area contributed by atoms with Crippen molar-refractivity contribution in [2.24, 2.45) is 5.92 Å². The van der Waals surface area contributed by atoms with Gasteiger partial charge in [0.25, 0.3) is 0 Å². The lowest BCUT2D eigenvalue weighted by Crippen LogP contribution is -2.20. The Morgan fingerprint density at radius 3 is 2.70 bits per heavy atom. The van der Waals surface area contributed by atoms with E-state index in [2.05, 4.69) is 30.2 Å². The Balaban J connectivity index is 1.84. The molecule has 2 rings (SSSR count). The Morgan fingerprint density at radius 2 is 2.00 bits per heavy atom. The molecule has 0 aliphatic heterocycles. The highest BCUT2D eigenvalue weighted by atomic mass is 16.5. The summed E-state index contributed by atoms with van der Waals surface area (Å²) in [6, 6.07) is 4.06. The van der Waals surface area contributed by atoms with Gasteiger partial charge < -0.3 is 10.1 Å². The summed E-state index contributed by atoms with van der Waals surface area (Å²) in [7, 11) is 0. The minimum absolute atomic E-state index is 0.399. The van der Waals surface area contributed by atoms with Crippen molar-refractivity contribution in [2.75, 3.05) is 6.54 Å². The Kier molecular flexibility index (Phi) is 6.31. The monoisotopic (exact) mass is 276 g/mol. The predicted octanol–water partition coefficient (Wildman–Crippen LogP) is 3.93. The summed E-state index contributed by atoms with van der Waals surface area (Å²) >= 11 is 0. The van der Waals surface area contributed by atoms with Crippen LogP contribution in [-0.2, 0) is 6.54 Å². The van der Waals surface area contributed by atoms with Crippen molar-refractivity contribution >= 4 is 0 Å². The van der Waals surface area contributed by atoms with Crippen LogP contribution in [0.25, 0.3) is 0 Å². The van der Waals surface area contributed by atoms with Gasteiger partial charge in [-0.2, -0.15) is 0 Å². The molecule has 112 valence electrons. The van der Waals surface area contributed by atoms with E-state index in [-0.39, 0.29) is 0 Å². The second-order valence-electron chi connectivity index (χ2n) is 6.24. The third kappa shape index (κ3) is 5.49. The summed E-state index contributed by atoms with van der Waals surface area (Å²) in [6.07, 6.45) is 9.99. The Morgan fingerprint density at radius 1 is 1.25 bits per heavy atom. The standard InChI is InChI=1S/C17H28N2O/c1-14(2)12-18-13-15-11-17(9-10-19-15)20-16-7-5-3-4-6-8-16/h9-11,14,16,18H,3-8,12-13H2,1-2H3. The molecule has 3 heteroatoms. The molecular formula is C17H28N2O. The maximum atomic E-state index is 6.14. The molecule has 1 aliphatic rings. The van der Waals surface area contributed by atoms with Crippen molar-refractivity contribution in [3.63, 3.8) is 0 Å². The SMILES string of the molecule is CC(C)CNCc1cc(OC2CCCCCC2)ccn1. The first kappa shape index (κ1) is 15.3. The third-order valence-corrected chi connectivity index (χ3v) is 3.75. The number of nitrogens with one attached hydrogen (secondary N) is 1. The van der Waals surface area contributed by atoms with Crippen molar-refractivity contribution < 1.29 is 4.74 Å². The van der Waals surface area contributed by atoms with Crippen LogP contribution in [0.5, 0.6) is 5.75 Å². The van der Waals surface area contributed by atoms with Crippen LogP contribution >= 0.6 is 0 Å². The number of pyridine rings is 1. The van der Waals surface area contributed by atoms with E-state index in [1.54, 1.807) is 0 Å². The molecule has 20 heavy (non-hydrogen) atoms. The Hall–Kier alpha value is -1.09. The predicted molar refractivity (Wildman–Crippen MR) is 82.9 cm³/mol. The van der Waals surface area contributed by atoms with Gasteiger partial charge in [0.05, 0.1) is 11.8 Å². The van der Waals surface area contributed by atoms with Crippen LogP contribution in [0, 0.1) is 5.92 Å². The van der Waals surface area contributed by atoms with E-state index >= 15 is 0 Å². The number of hydrogen-bond donors (Lipinski definition) is 1. The first-order valence-corrected chi connectivity index (χ1v) is 8.06. The van der Waals surface area contributed by atoms with Crippen molar-refractivity contribution in [3.8, 4) is 5.75 Å². The zero-order chi connectivity index (χ0) is 14.2. The Labute approximate surface area is 123 Å². The lowest BCUT2D eigenvalue weighted by Gasteiger charge is -2.17. The van der Waals surface area contributed by atoms with Crippen LogP contribution in [0.1, 0.15) is 58.1 Å². The molecule has 0 atom stereocenters.